The Morgan fingerprint density at radius 2 is 1.16 bits per heavy atom. The molecule has 0 aromatic heterocycles. The van der Waals surface area contributed by atoms with Crippen molar-refractivity contribution >= 4 is 29.8 Å². The van der Waals surface area contributed by atoms with E-state index in [1.807, 2.05) is 0 Å². The van der Waals surface area contributed by atoms with Gasteiger partial charge >= 0.3 is 0 Å². The zero-order valence-corrected chi connectivity index (χ0v) is 12.7. The predicted octanol–water partition coefficient (Wildman–Crippen LogP) is 0.0487. The van der Waals surface area contributed by atoms with Crippen LogP contribution < -0.4 is 0 Å². The van der Waals surface area contributed by atoms with E-state index in [4.69, 9.17) is 4.55 Å². The molecule has 10 heteroatoms. The van der Waals surface area contributed by atoms with Crippen molar-refractivity contribution in [3.05, 3.63) is 17.7 Å². The fourth-order valence-electron chi connectivity index (χ4n) is 1.56. The Balaban J connectivity index is 4.00. The van der Waals surface area contributed by atoms with Gasteiger partial charge in [0.05, 0.1) is 14.7 Å². The first-order valence-electron chi connectivity index (χ1n) is 4.77. The van der Waals surface area contributed by atoms with Gasteiger partial charge in [-0.05, 0) is 24.6 Å². The van der Waals surface area contributed by atoms with Gasteiger partial charge in [-0.1, -0.05) is 0 Å². The summed E-state index contributed by atoms with van der Waals surface area (Å²) in [6.07, 6.45) is 1.63. The highest BCUT2D eigenvalue weighted by Crippen LogP contribution is 2.27. The van der Waals surface area contributed by atoms with Gasteiger partial charge in [-0.2, -0.15) is 8.42 Å². The summed E-state index contributed by atoms with van der Waals surface area (Å²) in [6.45, 7) is 1.25. The van der Waals surface area contributed by atoms with Crippen molar-refractivity contribution in [2.24, 2.45) is 0 Å². The summed E-state index contributed by atoms with van der Waals surface area (Å²) in [6, 6.07) is 1.46. The van der Waals surface area contributed by atoms with Gasteiger partial charge in [-0.25, -0.2) is 16.8 Å². The second kappa shape index (κ2) is 4.54. The summed E-state index contributed by atoms with van der Waals surface area (Å²) in [7, 11) is -12.4. The molecule has 0 atom stereocenters. The fraction of sp³-hybridized carbons (Fsp3) is 0.333. The molecule has 108 valence electrons. The summed E-state index contributed by atoms with van der Waals surface area (Å²) in [5.74, 6) is 0. The van der Waals surface area contributed by atoms with Crippen molar-refractivity contribution in [3.63, 3.8) is 0 Å². The van der Waals surface area contributed by atoms with Crippen LogP contribution in [0.1, 0.15) is 5.56 Å². The van der Waals surface area contributed by atoms with E-state index in [9.17, 15) is 25.3 Å². The van der Waals surface area contributed by atoms with Gasteiger partial charge in [0.25, 0.3) is 10.1 Å². The lowest BCUT2D eigenvalue weighted by atomic mass is 10.2. The van der Waals surface area contributed by atoms with Crippen molar-refractivity contribution in [2.75, 3.05) is 12.5 Å². The summed E-state index contributed by atoms with van der Waals surface area (Å²) in [4.78, 5) is -1.69. The predicted molar refractivity (Wildman–Crippen MR) is 67.2 cm³/mol. The first kappa shape index (κ1) is 16.1. The highest BCUT2D eigenvalue weighted by atomic mass is 32.2. The monoisotopic (exact) mass is 328 g/mol. The maximum Gasteiger partial charge on any atom is 0.294 e. The highest BCUT2D eigenvalue weighted by Gasteiger charge is 2.24. The van der Waals surface area contributed by atoms with E-state index in [-0.39, 0.29) is 5.56 Å². The van der Waals surface area contributed by atoms with Crippen molar-refractivity contribution in [1.29, 1.82) is 0 Å². The van der Waals surface area contributed by atoms with E-state index in [0.717, 1.165) is 24.6 Å². The van der Waals surface area contributed by atoms with Crippen molar-refractivity contribution in [3.8, 4) is 0 Å². The van der Waals surface area contributed by atoms with E-state index in [1.54, 1.807) is 0 Å². The molecule has 7 nitrogen and oxygen atoms in total. The fourth-order valence-corrected chi connectivity index (χ4v) is 4.32. The molecule has 0 bridgehead atoms. The number of hydrogen-bond donors (Lipinski definition) is 1. The molecule has 0 saturated heterocycles. The molecule has 0 unspecified atom stereocenters. The van der Waals surface area contributed by atoms with Crippen LogP contribution in [0.4, 0.5) is 0 Å². The van der Waals surface area contributed by atoms with Crippen LogP contribution in [0.5, 0.6) is 0 Å². The van der Waals surface area contributed by atoms with Crippen LogP contribution in [0.25, 0.3) is 0 Å². The van der Waals surface area contributed by atoms with Crippen molar-refractivity contribution < 1.29 is 29.8 Å². The quantitative estimate of drug-likeness (QED) is 0.778. The van der Waals surface area contributed by atoms with Gasteiger partial charge in [-0.3, -0.25) is 4.55 Å². The molecule has 1 rings (SSSR count). The SMILES string of the molecule is Cc1c(S(C)(=O)=O)cc(S(=O)(=O)O)cc1S(C)(=O)=O. The first-order chi connectivity index (χ1) is 8.24. The Morgan fingerprint density at radius 1 is 0.842 bits per heavy atom. The minimum atomic E-state index is -4.71. The lowest BCUT2D eigenvalue weighted by molar-refractivity contribution is 0.482. The van der Waals surface area contributed by atoms with E-state index < -0.39 is 44.5 Å². The number of sulfone groups is 2. The van der Waals surface area contributed by atoms with Crippen LogP contribution >= 0.6 is 0 Å². The first-order valence-corrected chi connectivity index (χ1v) is 9.99. The molecule has 0 fully saturated rings. The minimum absolute atomic E-state index is 0.0857. The maximum atomic E-state index is 11.5. The molecule has 1 N–H and O–H groups in total. The maximum absolute atomic E-state index is 11.5. The second-order valence-electron chi connectivity index (χ2n) is 4.06. The molecule has 1 aromatic carbocycles. The van der Waals surface area contributed by atoms with Gasteiger partial charge in [-0.15, -0.1) is 0 Å². The molecule has 0 aliphatic heterocycles. The van der Waals surface area contributed by atoms with E-state index in [0.29, 0.717) is 0 Å². The Kier molecular flexibility index (Phi) is 3.85. The van der Waals surface area contributed by atoms with Gasteiger partial charge < -0.3 is 0 Å². The largest absolute Gasteiger partial charge is 0.294 e. The van der Waals surface area contributed by atoms with Crippen LogP contribution in [0.15, 0.2) is 26.8 Å². The zero-order chi connectivity index (χ0) is 15.2. The molecular weight excluding hydrogens is 316 g/mol. The average Bonchev–Trinajstić information content (AvgIpc) is 2.11. The average molecular weight is 328 g/mol. The summed E-state index contributed by atoms with van der Waals surface area (Å²) in [5, 5.41) is 0. The Labute approximate surface area is 111 Å². The number of rotatable bonds is 3. The third-order valence-corrected chi connectivity index (χ3v) is 5.66. The lowest BCUT2D eigenvalue weighted by Gasteiger charge is -2.10. The van der Waals surface area contributed by atoms with E-state index in [2.05, 4.69) is 0 Å². The van der Waals surface area contributed by atoms with Gasteiger partial charge in [0.2, 0.25) is 0 Å². The van der Waals surface area contributed by atoms with Crippen molar-refractivity contribution in [1.82, 2.24) is 0 Å². The molecule has 0 heterocycles. The molecule has 0 spiro atoms. The smallest absolute Gasteiger partial charge is 0.282 e. The molecule has 1 aromatic rings. The van der Waals surface area contributed by atoms with Crippen LogP contribution in [0.2, 0.25) is 0 Å². The Bertz CT molecular complexity index is 777. The van der Waals surface area contributed by atoms with Crippen LogP contribution in [-0.4, -0.2) is 42.3 Å². The number of benzene rings is 1. The molecule has 0 saturated carbocycles. The summed E-state index contributed by atoms with van der Waals surface area (Å²) >= 11 is 0. The highest BCUT2D eigenvalue weighted by molar-refractivity contribution is 7.91. The third-order valence-electron chi connectivity index (χ3n) is 2.38. The van der Waals surface area contributed by atoms with Gasteiger partial charge in [0, 0.05) is 12.5 Å². The Hall–Kier alpha value is -0.970. The third kappa shape index (κ3) is 3.53. The molecule has 0 radical (unpaired) electrons. The normalized spacial score (nSPS) is 13.5. The topological polar surface area (TPSA) is 123 Å². The molecule has 0 aliphatic rings. The lowest BCUT2D eigenvalue weighted by Crippen LogP contribution is -2.10. The molecular formula is C9H12O7S3. The van der Waals surface area contributed by atoms with Crippen LogP contribution in [0, 0.1) is 6.92 Å². The summed E-state index contributed by atoms with van der Waals surface area (Å²) in [5.41, 5.74) is -0.0857. The van der Waals surface area contributed by atoms with E-state index >= 15 is 0 Å². The summed E-state index contributed by atoms with van der Waals surface area (Å²) < 4.78 is 77.2. The molecule has 0 amide bonds. The Morgan fingerprint density at radius 3 is 1.37 bits per heavy atom. The van der Waals surface area contributed by atoms with Gasteiger partial charge in [0.1, 0.15) is 0 Å². The van der Waals surface area contributed by atoms with Crippen LogP contribution in [-0.2, 0) is 29.8 Å². The van der Waals surface area contributed by atoms with Gasteiger partial charge in [0.15, 0.2) is 19.7 Å². The number of hydrogen-bond acceptors (Lipinski definition) is 6. The zero-order valence-electron chi connectivity index (χ0n) is 10.3. The minimum Gasteiger partial charge on any atom is -0.282 e. The second-order valence-corrected chi connectivity index (χ2v) is 9.45. The van der Waals surface area contributed by atoms with Crippen molar-refractivity contribution in [2.45, 2.75) is 21.6 Å². The van der Waals surface area contributed by atoms with E-state index in [1.165, 1.54) is 6.92 Å². The van der Waals surface area contributed by atoms with Crippen LogP contribution in [0.3, 0.4) is 0 Å². The standard InChI is InChI=1S/C9H12O7S3/c1-6-8(17(2,10)11)4-7(19(14,15)16)5-9(6)18(3,12)13/h4-5H,1-3H3,(H,14,15,16). The molecule has 19 heavy (non-hydrogen) atoms. The molecule has 0 aliphatic carbocycles.